The van der Waals surface area contributed by atoms with Crippen LogP contribution in [0.25, 0.3) is 0 Å². The lowest BCUT2D eigenvalue weighted by Gasteiger charge is -2.26. The van der Waals surface area contributed by atoms with Crippen LogP contribution in [0.5, 0.6) is 0 Å². The molecule has 3 atom stereocenters. The third-order valence-electron chi connectivity index (χ3n) is 4.67. The van der Waals surface area contributed by atoms with Crippen molar-refractivity contribution in [3.05, 3.63) is 0 Å². The molecule has 1 aliphatic heterocycles. The molecular formula is C17H32N2O3. The Labute approximate surface area is 134 Å². The molecule has 1 saturated carbocycles. The lowest BCUT2D eigenvalue weighted by atomic mass is 10.0. The van der Waals surface area contributed by atoms with E-state index in [2.05, 4.69) is 5.32 Å². The summed E-state index contributed by atoms with van der Waals surface area (Å²) in [7, 11) is 0. The number of hydrogen-bond donors (Lipinski definition) is 2. The minimum atomic E-state index is -0.431. The molecule has 5 nitrogen and oxygen atoms in total. The number of nitrogens with zero attached hydrogens (tertiary/aromatic N) is 1. The zero-order valence-electron chi connectivity index (χ0n) is 14.3. The van der Waals surface area contributed by atoms with E-state index in [0.717, 1.165) is 58.2 Å². The molecule has 2 aliphatic rings. The molecule has 0 aromatic rings. The maximum atomic E-state index is 12.1. The fourth-order valence-corrected chi connectivity index (χ4v) is 3.38. The van der Waals surface area contributed by atoms with Gasteiger partial charge in [0.15, 0.2) is 0 Å². The van der Waals surface area contributed by atoms with Crippen molar-refractivity contribution in [2.45, 2.75) is 77.0 Å². The maximum Gasteiger partial charge on any atom is 0.410 e. The van der Waals surface area contributed by atoms with Crippen LogP contribution in [0.3, 0.4) is 0 Å². The van der Waals surface area contributed by atoms with Crippen LogP contribution >= 0.6 is 0 Å². The number of amides is 1. The van der Waals surface area contributed by atoms with Gasteiger partial charge in [0.05, 0.1) is 6.10 Å². The number of aliphatic hydroxyl groups is 1. The van der Waals surface area contributed by atoms with Crippen LogP contribution in [0.1, 0.15) is 59.3 Å². The zero-order chi connectivity index (χ0) is 16.2. The Kier molecular flexibility index (Phi) is 6.09. The Morgan fingerprint density at radius 3 is 2.59 bits per heavy atom. The molecule has 3 unspecified atom stereocenters. The van der Waals surface area contributed by atoms with Gasteiger partial charge in [-0.15, -0.1) is 0 Å². The predicted octanol–water partition coefficient (Wildman–Crippen LogP) is 2.53. The van der Waals surface area contributed by atoms with Crippen molar-refractivity contribution >= 4 is 6.09 Å². The van der Waals surface area contributed by atoms with E-state index >= 15 is 0 Å². The van der Waals surface area contributed by atoms with E-state index in [1.807, 2.05) is 25.7 Å². The number of hydrogen-bond acceptors (Lipinski definition) is 4. The molecule has 1 aliphatic carbocycles. The highest BCUT2D eigenvalue weighted by atomic mass is 16.6. The topological polar surface area (TPSA) is 61.8 Å². The molecule has 0 aromatic heterocycles. The van der Waals surface area contributed by atoms with Crippen LogP contribution in [0.4, 0.5) is 4.79 Å². The van der Waals surface area contributed by atoms with E-state index in [9.17, 15) is 9.90 Å². The molecule has 0 bridgehead atoms. The molecule has 22 heavy (non-hydrogen) atoms. The normalized spacial score (nSPS) is 30.2. The summed E-state index contributed by atoms with van der Waals surface area (Å²) in [5.41, 5.74) is -0.431. The molecule has 2 N–H and O–H groups in total. The van der Waals surface area contributed by atoms with E-state index < -0.39 is 5.60 Å². The highest BCUT2D eigenvalue weighted by Crippen LogP contribution is 2.25. The quantitative estimate of drug-likeness (QED) is 0.840. The number of aliphatic hydroxyl groups excluding tert-OH is 1. The third-order valence-corrected chi connectivity index (χ3v) is 4.67. The van der Waals surface area contributed by atoms with Crippen molar-refractivity contribution in [2.24, 2.45) is 5.92 Å². The fraction of sp³-hybridized carbons (Fsp3) is 0.941. The molecular weight excluding hydrogens is 280 g/mol. The van der Waals surface area contributed by atoms with E-state index in [1.54, 1.807) is 0 Å². The molecule has 2 fully saturated rings. The predicted molar refractivity (Wildman–Crippen MR) is 86.8 cm³/mol. The first-order valence-corrected chi connectivity index (χ1v) is 8.74. The summed E-state index contributed by atoms with van der Waals surface area (Å²) in [5, 5.41) is 13.5. The van der Waals surface area contributed by atoms with Crippen molar-refractivity contribution in [1.29, 1.82) is 0 Å². The lowest BCUT2D eigenvalue weighted by molar-refractivity contribution is 0.0256. The van der Waals surface area contributed by atoms with E-state index in [1.165, 1.54) is 0 Å². The number of ether oxygens (including phenoxy) is 1. The summed E-state index contributed by atoms with van der Waals surface area (Å²) in [4.78, 5) is 14.0. The highest BCUT2D eigenvalue weighted by molar-refractivity contribution is 5.68. The van der Waals surface area contributed by atoms with Gasteiger partial charge in [0.2, 0.25) is 0 Å². The first-order valence-electron chi connectivity index (χ1n) is 8.74. The SMILES string of the molecule is CC(C)(C)OC(=O)N1CCCC(NCC2CCCC2O)CC1. The Bertz CT molecular complexity index is 367. The number of likely N-dealkylation sites (tertiary alicyclic amines) is 1. The van der Waals surface area contributed by atoms with E-state index in [-0.39, 0.29) is 12.2 Å². The standard InChI is InChI=1S/C17H32N2O3/c1-17(2,3)22-16(21)19-10-5-7-14(9-11-19)18-12-13-6-4-8-15(13)20/h13-15,18,20H,4-12H2,1-3H3. The molecule has 1 amide bonds. The number of nitrogens with one attached hydrogen (secondary N) is 1. The van der Waals surface area contributed by atoms with Crippen LogP contribution in [-0.4, -0.2) is 53.5 Å². The minimum Gasteiger partial charge on any atom is -0.444 e. The molecule has 0 aromatic carbocycles. The van der Waals surface area contributed by atoms with Gasteiger partial charge < -0.3 is 20.1 Å². The molecule has 1 saturated heterocycles. The van der Waals surface area contributed by atoms with Crippen LogP contribution in [0, 0.1) is 5.92 Å². The van der Waals surface area contributed by atoms with Crippen molar-refractivity contribution in [3.63, 3.8) is 0 Å². The second-order valence-electron chi connectivity index (χ2n) is 7.76. The van der Waals surface area contributed by atoms with Gasteiger partial charge in [0, 0.05) is 25.7 Å². The number of carbonyl (C=O) groups excluding carboxylic acids is 1. The Morgan fingerprint density at radius 2 is 1.95 bits per heavy atom. The summed E-state index contributed by atoms with van der Waals surface area (Å²) in [5.74, 6) is 0.408. The minimum absolute atomic E-state index is 0.128. The van der Waals surface area contributed by atoms with Crippen molar-refractivity contribution < 1.29 is 14.6 Å². The van der Waals surface area contributed by atoms with Gasteiger partial charge in [0.25, 0.3) is 0 Å². The van der Waals surface area contributed by atoms with Crippen LogP contribution in [0.2, 0.25) is 0 Å². The maximum absolute atomic E-state index is 12.1. The second kappa shape index (κ2) is 7.64. The first-order chi connectivity index (χ1) is 10.3. The summed E-state index contributed by atoms with van der Waals surface area (Å²) >= 11 is 0. The van der Waals surface area contributed by atoms with Crippen molar-refractivity contribution in [2.75, 3.05) is 19.6 Å². The number of rotatable bonds is 3. The molecule has 1 heterocycles. The van der Waals surface area contributed by atoms with Gasteiger partial charge in [0.1, 0.15) is 5.60 Å². The van der Waals surface area contributed by atoms with E-state index in [4.69, 9.17) is 4.74 Å². The summed E-state index contributed by atoms with van der Waals surface area (Å²) in [6, 6.07) is 0.445. The molecule has 0 radical (unpaired) electrons. The molecule has 0 spiro atoms. The summed E-state index contributed by atoms with van der Waals surface area (Å²) in [6.45, 7) is 8.14. The average Bonchev–Trinajstić information content (AvgIpc) is 2.69. The average molecular weight is 312 g/mol. The Morgan fingerprint density at radius 1 is 1.18 bits per heavy atom. The Hall–Kier alpha value is -0.810. The van der Waals surface area contributed by atoms with Crippen LogP contribution < -0.4 is 5.32 Å². The molecule has 5 heteroatoms. The van der Waals surface area contributed by atoms with Crippen molar-refractivity contribution in [3.8, 4) is 0 Å². The lowest BCUT2D eigenvalue weighted by Crippen LogP contribution is -2.39. The molecule has 2 rings (SSSR count). The first kappa shape index (κ1) is 17.5. The number of carbonyl (C=O) groups is 1. The zero-order valence-corrected chi connectivity index (χ0v) is 14.3. The highest BCUT2D eigenvalue weighted by Gasteiger charge is 2.28. The molecule has 128 valence electrons. The van der Waals surface area contributed by atoms with Gasteiger partial charge in [-0.1, -0.05) is 6.42 Å². The van der Waals surface area contributed by atoms with Crippen molar-refractivity contribution in [1.82, 2.24) is 10.2 Å². The third kappa shape index (κ3) is 5.43. The smallest absolute Gasteiger partial charge is 0.410 e. The van der Waals surface area contributed by atoms with E-state index in [0.29, 0.717) is 12.0 Å². The van der Waals surface area contributed by atoms with Crippen LogP contribution in [-0.2, 0) is 4.74 Å². The summed E-state index contributed by atoms with van der Waals surface area (Å²) in [6.07, 6.45) is 5.95. The second-order valence-corrected chi connectivity index (χ2v) is 7.76. The fourth-order valence-electron chi connectivity index (χ4n) is 3.38. The van der Waals surface area contributed by atoms with Crippen LogP contribution in [0.15, 0.2) is 0 Å². The van der Waals surface area contributed by atoms with Gasteiger partial charge in [-0.3, -0.25) is 0 Å². The van der Waals surface area contributed by atoms with Gasteiger partial charge in [-0.05, 0) is 58.8 Å². The Balaban J connectivity index is 1.73. The largest absolute Gasteiger partial charge is 0.444 e. The monoisotopic (exact) mass is 312 g/mol. The van der Waals surface area contributed by atoms with Gasteiger partial charge >= 0.3 is 6.09 Å². The van der Waals surface area contributed by atoms with Gasteiger partial charge in [-0.25, -0.2) is 4.79 Å². The van der Waals surface area contributed by atoms with Gasteiger partial charge in [-0.2, -0.15) is 0 Å². The summed E-state index contributed by atoms with van der Waals surface area (Å²) < 4.78 is 5.46.